The average molecular weight is 513 g/mol. The summed E-state index contributed by atoms with van der Waals surface area (Å²) in [5, 5.41) is 0. The predicted octanol–water partition coefficient (Wildman–Crippen LogP) is 4.44. The van der Waals surface area contributed by atoms with Gasteiger partial charge in [-0.1, -0.05) is 18.2 Å². The molecular weight excluding hydrogens is 483 g/mol. The molecule has 1 aromatic carbocycles. The molecule has 2 aliphatic carbocycles. The number of carbonyl (C=O) groups excluding carboxylic acids is 1. The fourth-order valence-electron chi connectivity index (χ4n) is 5.11. The van der Waals surface area contributed by atoms with Crippen molar-refractivity contribution in [2.24, 2.45) is 5.73 Å². The van der Waals surface area contributed by atoms with Crippen LogP contribution in [0.4, 0.5) is 27.6 Å². The summed E-state index contributed by atoms with van der Waals surface area (Å²) in [6.07, 6.45) is -3.42. The van der Waals surface area contributed by atoms with Crippen LogP contribution in [0.25, 0.3) is 0 Å². The molecule has 0 bridgehead atoms. The number of amides is 1. The number of hydrogen-bond acceptors (Lipinski definition) is 4. The van der Waals surface area contributed by atoms with E-state index in [0.717, 1.165) is 22.9 Å². The number of benzene rings is 1. The lowest BCUT2D eigenvalue weighted by Crippen LogP contribution is -2.53. The van der Waals surface area contributed by atoms with Crippen LogP contribution in [0.5, 0.6) is 0 Å². The summed E-state index contributed by atoms with van der Waals surface area (Å²) in [5.41, 5.74) is 2.33. The molecule has 2 fully saturated rings. The summed E-state index contributed by atoms with van der Waals surface area (Å²) in [7, 11) is 3.80. The van der Waals surface area contributed by atoms with Crippen molar-refractivity contribution in [3.8, 4) is 0 Å². The van der Waals surface area contributed by atoms with Crippen LogP contribution in [0.15, 0.2) is 35.3 Å². The average Bonchev–Trinajstić information content (AvgIpc) is 3.56. The zero-order chi connectivity index (χ0) is 26.5. The molecule has 6 nitrogen and oxygen atoms in total. The van der Waals surface area contributed by atoms with Gasteiger partial charge in [-0.05, 0) is 46.7 Å². The normalized spacial score (nSPS) is 21.5. The molecule has 2 N–H and O–H groups in total. The van der Waals surface area contributed by atoms with Crippen LogP contribution in [-0.2, 0) is 5.54 Å². The van der Waals surface area contributed by atoms with Crippen LogP contribution in [-0.4, -0.2) is 48.0 Å². The van der Waals surface area contributed by atoms with Crippen LogP contribution < -0.4 is 16.2 Å². The summed E-state index contributed by atoms with van der Waals surface area (Å²) in [6, 6.07) is 3.81. The fourth-order valence-corrected chi connectivity index (χ4v) is 5.11. The Morgan fingerprint density at radius 1 is 1.11 bits per heavy atom. The van der Waals surface area contributed by atoms with E-state index in [2.05, 4.69) is 0 Å². The third kappa shape index (κ3) is 4.38. The number of anilines is 1. The quantitative estimate of drug-likeness (QED) is 0.505. The largest absolute Gasteiger partial charge is 0.365 e. The minimum Gasteiger partial charge on any atom is -0.365 e. The predicted molar refractivity (Wildman–Crippen MR) is 125 cm³/mol. The van der Waals surface area contributed by atoms with Gasteiger partial charge in [-0.3, -0.25) is 9.59 Å². The number of nitrogens with zero attached hydrogens (tertiary/aromatic N) is 3. The minimum atomic E-state index is -3.03. The molecule has 36 heavy (non-hydrogen) atoms. The number of rotatable bonds is 9. The van der Waals surface area contributed by atoms with Gasteiger partial charge in [0.1, 0.15) is 11.4 Å². The number of aromatic nitrogens is 1. The topological polar surface area (TPSA) is 71.6 Å². The fraction of sp³-hybridized carbons (Fsp3) is 0.520. The number of hydrogen-bond donors (Lipinski definition) is 1. The molecule has 0 radical (unpaired) electrons. The van der Waals surface area contributed by atoms with Crippen LogP contribution >= 0.6 is 0 Å². The van der Waals surface area contributed by atoms with Gasteiger partial charge < -0.3 is 20.1 Å². The lowest BCUT2D eigenvalue weighted by atomic mass is 9.82. The van der Waals surface area contributed by atoms with Gasteiger partial charge in [0.25, 0.3) is 24.3 Å². The molecule has 196 valence electrons. The molecule has 2 aliphatic rings. The SMILES string of the molecule is C[C@H](c1cccc(C(F)F)c1F)N(c1cc(=O)n(C2(C(F)F)CC2)cc1C(N)=O)C1CC(N(C)C)C1. The molecule has 1 aromatic heterocycles. The van der Waals surface area contributed by atoms with E-state index in [4.69, 9.17) is 5.73 Å². The Labute approximate surface area is 205 Å². The molecular formula is C25H29F5N4O2. The highest BCUT2D eigenvalue weighted by atomic mass is 19.3. The lowest BCUT2D eigenvalue weighted by Gasteiger charge is -2.49. The summed E-state index contributed by atoms with van der Waals surface area (Å²) in [4.78, 5) is 29.2. The van der Waals surface area contributed by atoms with Crippen molar-refractivity contribution in [2.75, 3.05) is 19.0 Å². The molecule has 1 heterocycles. The van der Waals surface area contributed by atoms with Gasteiger partial charge in [0.2, 0.25) is 0 Å². The van der Waals surface area contributed by atoms with Crippen molar-refractivity contribution < 1.29 is 26.7 Å². The zero-order valence-electron chi connectivity index (χ0n) is 20.2. The Morgan fingerprint density at radius 3 is 2.22 bits per heavy atom. The van der Waals surface area contributed by atoms with Crippen LogP contribution in [0.2, 0.25) is 0 Å². The second-order valence-corrected chi connectivity index (χ2v) is 9.93. The van der Waals surface area contributed by atoms with Crippen molar-refractivity contribution in [1.82, 2.24) is 9.47 Å². The summed E-state index contributed by atoms with van der Waals surface area (Å²) >= 11 is 0. The molecule has 0 saturated heterocycles. The van der Waals surface area contributed by atoms with E-state index in [1.54, 1.807) is 11.8 Å². The van der Waals surface area contributed by atoms with E-state index in [9.17, 15) is 27.2 Å². The maximum atomic E-state index is 15.1. The first-order valence-electron chi connectivity index (χ1n) is 11.8. The van der Waals surface area contributed by atoms with Crippen molar-refractivity contribution in [1.29, 1.82) is 0 Å². The maximum absolute atomic E-state index is 15.1. The van der Waals surface area contributed by atoms with Gasteiger partial charge in [0.15, 0.2) is 0 Å². The van der Waals surface area contributed by atoms with Crippen LogP contribution in [0, 0.1) is 5.82 Å². The molecule has 0 unspecified atom stereocenters. The smallest absolute Gasteiger partial charge is 0.266 e. The Balaban J connectivity index is 1.85. The highest BCUT2D eigenvalue weighted by molar-refractivity contribution is 5.98. The highest BCUT2D eigenvalue weighted by Crippen LogP contribution is 2.48. The van der Waals surface area contributed by atoms with Gasteiger partial charge in [-0.25, -0.2) is 22.0 Å². The number of halogens is 5. The number of nitrogens with two attached hydrogens (primary N) is 1. The van der Waals surface area contributed by atoms with E-state index in [-0.39, 0.29) is 41.7 Å². The van der Waals surface area contributed by atoms with Gasteiger partial charge >= 0.3 is 0 Å². The van der Waals surface area contributed by atoms with Crippen LogP contribution in [0.1, 0.15) is 66.6 Å². The second-order valence-electron chi connectivity index (χ2n) is 9.93. The number of pyridine rings is 1. The van der Waals surface area contributed by atoms with E-state index < -0.39 is 47.3 Å². The van der Waals surface area contributed by atoms with Gasteiger partial charge in [-0.15, -0.1) is 0 Å². The van der Waals surface area contributed by atoms with Crippen LogP contribution in [0.3, 0.4) is 0 Å². The van der Waals surface area contributed by atoms with Gasteiger partial charge in [-0.2, -0.15) is 0 Å². The molecule has 0 spiro atoms. The Morgan fingerprint density at radius 2 is 1.72 bits per heavy atom. The van der Waals surface area contributed by atoms with Crippen molar-refractivity contribution >= 4 is 11.6 Å². The Hall–Kier alpha value is -2.95. The molecule has 1 atom stereocenters. The van der Waals surface area contributed by atoms with E-state index >= 15 is 4.39 Å². The molecule has 11 heteroatoms. The van der Waals surface area contributed by atoms with E-state index in [0.29, 0.717) is 12.8 Å². The standard InChI is InChI=1S/C25H29F5N4O2/c1-13(16-5-4-6-17(21(16)26)22(27)28)34(15-9-14(10-15)32(2)3)19-11-20(35)33(12-18(19)23(31)36)25(7-8-25)24(29)30/h4-6,11-15,22,24H,7-10H2,1-3H3,(H2,31,36)/t13-,14?,15?/m1/s1. The molecule has 0 aliphatic heterocycles. The third-order valence-electron chi connectivity index (χ3n) is 7.60. The summed E-state index contributed by atoms with van der Waals surface area (Å²) in [5.74, 6) is -2.01. The first kappa shape index (κ1) is 26.1. The Kier molecular flexibility index (Phi) is 6.89. The van der Waals surface area contributed by atoms with Crippen molar-refractivity contribution in [3.63, 3.8) is 0 Å². The van der Waals surface area contributed by atoms with Gasteiger partial charge in [0, 0.05) is 29.9 Å². The number of primary amides is 1. The monoisotopic (exact) mass is 512 g/mol. The highest BCUT2D eigenvalue weighted by Gasteiger charge is 2.54. The number of carbonyl (C=O) groups is 1. The molecule has 2 aromatic rings. The maximum Gasteiger partial charge on any atom is 0.266 e. The molecule has 4 rings (SSSR count). The summed E-state index contributed by atoms with van der Waals surface area (Å²) in [6.45, 7) is 1.59. The molecule has 1 amide bonds. The lowest BCUT2D eigenvalue weighted by molar-refractivity contribution is 0.0649. The Bertz CT molecular complexity index is 1210. The van der Waals surface area contributed by atoms with Gasteiger partial charge in [0.05, 0.1) is 22.9 Å². The van der Waals surface area contributed by atoms with E-state index in [1.807, 2.05) is 19.0 Å². The van der Waals surface area contributed by atoms with E-state index in [1.165, 1.54) is 12.1 Å². The first-order valence-corrected chi connectivity index (χ1v) is 11.8. The number of alkyl halides is 4. The second kappa shape index (κ2) is 9.49. The molecule has 2 saturated carbocycles. The third-order valence-corrected chi connectivity index (χ3v) is 7.60. The first-order chi connectivity index (χ1) is 16.9. The van der Waals surface area contributed by atoms with Crippen molar-refractivity contribution in [3.05, 3.63) is 63.3 Å². The van der Waals surface area contributed by atoms with Crippen molar-refractivity contribution in [2.45, 2.75) is 69.1 Å². The summed E-state index contributed by atoms with van der Waals surface area (Å²) < 4.78 is 70.3. The minimum absolute atomic E-state index is 0.0352. The zero-order valence-corrected chi connectivity index (χ0v) is 20.2.